The molecule has 0 unspecified atom stereocenters. The molecule has 8 nitrogen and oxygen atoms in total. The standard InChI is InChI=1S/C25H31N5O3/c1-26-24(32)21-14-19(23(31)29-10-3-4-17-7-11-27-12-8-17)16-30(25(21)33)15-18-5-2-6-22-20(18)9-13-28-22/h2,5-6,9,13-14,16-17,27-28H,3-4,7-8,10-12,15H2,1H3,(H,26,32)(H,29,31). The third-order valence-corrected chi connectivity index (χ3v) is 6.38. The second-order valence-electron chi connectivity index (χ2n) is 8.60. The Balaban J connectivity index is 1.52. The summed E-state index contributed by atoms with van der Waals surface area (Å²) < 4.78 is 1.44. The minimum atomic E-state index is -0.505. The van der Waals surface area contributed by atoms with Gasteiger partial charge in [0.1, 0.15) is 5.56 Å². The number of benzene rings is 1. The average molecular weight is 450 g/mol. The highest BCUT2D eigenvalue weighted by Gasteiger charge is 2.18. The minimum Gasteiger partial charge on any atom is -0.361 e. The molecule has 3 heterocycles. The Bertz CT molecular complexity index is 1190. The van der Waals surface area contributed by atoms with Gasteiger partial charge in [-0.1, -0.05) is 12.1 Å². The number of carbonyl (C=O) groups is 2. The van der Waals surface area contributed by atoms with Crippen molar-refractivity contribution in [2.75, 3.05) is 26.7 Å². The van der Waals surface area contributed by atoms with E-state index in [4.69, 9.17) is 0 Å². The van der Waals surface area contributed by atoms with Gasteiger partial charge < -0.3 is 25.5 Å². The molecule has 1 aliphatic rings. The van der Waals surface area contributed by atoms with Crippen LogP contribution in [0.15, 0.2) is 47.5 Å². The molecule has 0 bridgehead atoms. The predicted molar refractivity (Wildman–Crippen MR) is 129 cm³/mol. The number of pyridine rings is 1. The third-order valence-electron chi connectivity index (χ3n) is 6.38. The number of fused-ring (bicyclic) bond motifs is 1. The Morgan fingerprint density at radius 2 is 1.97 bits per heavy atom. The summed E-state index contributed by atoms with van der Waals surface area (Å²) in [6, 6.07) is 9.16. The fraction of sp³-hybridized carbons (Fsp3) is 0.400. The predicted octanol–water partition coefficient (Wildman–Crippen LogP) is 2.25. The fourth-order valence-electron chi connectivity index (χ4n) is 4.51. The summed E-state index contributed by atoms with van der Waals surface area (Å²) in [5.74, 6) is -0.0747. The summed E-state index contributed by atoms with van der Waals surface area (Å²) in [7, 11) is 1.47. The normalized spacial score (nSPS) is 14.3. The Hall–Kier alpha value is -3.39. The third kappa shape index (κ3) is 5.34. The molecule has 2 amide bonds. The second-order valence-corrected chi connectivity index (χ2v) is 8.60. The van der Waals surface area contributed by atoms with Gasteiger partial charge in [-0.3, -0.25) is 14.4 Å². The van der Waals surface area contributed by atoms with Crippen LogP contribution in [0.25, 0.3) is 10.9 Å². The van der Waals surface area contributed by atoms with Crippen LogP contribution < -0.4 is 21.5 Å². The van der Waals surface area contributed by atoms with Gasteiger partial charge in [-0.25, -0.2) is 0 Å². The van der Waals surface area contributed by atoms with Crippen molar-refractivity contribution in [2.45, 2.75) is 32.2 Å². The number of hydrogen-bond donors (Lipinski definition) is 4. The molecule has 2 aromatic heterocycles. The quantitative estimate of drug-likeness (QED) is 0.396. The minimum absolute atomic E-state index is 0.0406. The highest BCUT2D eigenvalue weighted by atomic mass is 16.2. The van der Waals surface area contributed by atoms with E-state index in [1.54, 1.807) is 6.20 Å². The van der Waals surface area contributed by atoms with Crippen LogP contribution in [0.1, 0.15) is 52.0 Å². The number of nitrogens with one attached hydrogen (secondary N) is 4. The first-order valence-electron chi connectivity index (χ1n) is 11.6. The smallest absolute Gasteiger partial charge is 0.263 e. The molecule has 0 aliphatic carbocycles. The van der Waals surface area contributed by atoms with Gasteiger partial charge in [0.05, 0.1) is 12.1 Å². The Labute approximate surface area is 192 Å². The molecule has 0 radical (unpaired) electrons. The topological polar surface area (TPSA) is 108 Å². The molecule has 0 atom stereocenters. The highest BCUT2D eigenvalue weighted by Crippen LogP contribution is 2.19. The van der Waals surface area contributed by atoms with Gasteiger partial charge in [0.15, 0.2) is 0 Å². The van der Waals surface area contributed by atoms with Crippen LogP contribution in [0.5, 0.6) is 0 Å². The number of nitrogens with zero attached hydrogens (tertiary/aromatic N) is 1. The first-order valence-corrected chi connectivity index (χ1v) is 11.6. The first-order chi connectivity index (χ1) is 16.1. The summed E-state index contributed by atoms with van der Waals surface area (Å²) in [5, 5.41) is 9.82. The van der Waals surface area contributed by atoms with Crippen molar-refractivity contribution < 1.29 is 9.59 Å². The molecule has 1 saturated heterocycles. The van der Waals surface area contributed by atoms with Crippen molar-refractivity contribution in [3.8, 4) is 0 Å². The Kier molecular flexibility index (Phi) is 7.24. The molecule has 3 aromatic rings. The van der Waals surface area contributed by atoms with Crippen molar-refractivity contribution in [2.24, 2.45) is 5.92 Å². The van der Waals surface area contributed by atoms with Gasteiger partial charge in [-0.05, 0) is 68.5 Å². The van der Waals surface area contributed by atoms with Gasteiger partial charge in [-0.2, -0.15) is 0 Å². The van der Waals surface area contributed by atoms with Crippen LogP contribution in [0, 0.1) is 5.92 Å². The molecule has 1 aromatic carbocycles. The maximum Gasteiger partial charge on any atom is 0.263 e. The Morgan fingerprint density at radius 1 is 1.15 bits per heavy atom. The maximum atomic E-state index is 13.0. The summed E-state index contributed by atoms with van der Waals surface area (Å²) in [6.07, 6.45) is 7.76. The molecule has 174 valence electrons. The lowest BCUT2D eigenvalue weighted by Crippen LogP contribution is -2.34. The van der Waals surface area contributed by atoms with E-state index >= 15 is 0 Å². The van der Waals surface area contributed by atoms with Crippen molar-refractivity contribution >= 4 is 22.7 Å². The van der Waals surface area contributed by atoms with Gasteiger partial charge in [-0.15, -0.1) is 0 Å². The van der Waals surface area contributed by atoms with E-state index in [0.29, 0.717) is 18.0 Å². The monoisotopic (exact) mass is 449 g/mol. The average Bonchev–Trinajstić information content (AvgIpc) is 3.33. The molecule has 0 spiro atoms. The number of aromatic nitrogens is 2. The zero-order valence-corrected chi connectivity index (χ0v) is 18.9. The maximum absolute atomic E-state index is 13.0. The van der Waals surface area contributed by atoms with Crippen LogP contribution >= 0.6 is 0 Å². The summed E-state index contributed by atoms with van der Waals surface area (Å²) in [4.78, 5) is 41.4. The van der Waals surface area contributed by atoms with Crippen molar-refractivity contribution in [3.05, 3.63) is 69.8 Å². The van der Waals surface area contributed by atoms with E-state index in [0.717, 1.165) is 42.4 Å². The van der Waals surface area contributed by atoms with E-state index in [9.17, 15) is 14.4 Å². The number of carbonyl (C=O) groups excluding carboxylic acids is 2. The lowest BCUT2D eigenvalue weighted by Gasteiger charge is -2.22. The van der Waals surface area contributed by atoms with E-state index in [1.807, 2.05) is 30.5 Å². The SMILES string of the molecule is CNC(=O)c1cc(C(=O)NCCCC2CCNCC2)cn(Cc2cccc3[nH]ccc23)c1=O. The van der Waals surface area contributed by atoms with Crippen LogP contribution in [-0.2, 0) is 6.54 Å². The lowest BCUT2D eigenvalue weighted by molar-refractivity contribution is 0.0951. The van der Waals surface area contributed by atoms with E-state index in [-0.39, 0.29) is 18.0 Å². The fourth-order valence-corrected chi connectivity index (χ4v) is 4.51. The van der Waals surface area contributed by atoms with Crippen LogP contribution in [-0.4, -0.2) is 48.0 Å². The van der Waals surface area contributed by atoms with Gasteiger partial charge in [0, 0.05) is 36.9 Å². The summed E-state index contributed by atoms with van der Waals surface area (Å²) >= 11 is 0. The number of piperidine rings is 1. The molecular formula is C25H31N5O3. The molecule has 4 N–H and O–H groups in total. The van der Waals surface area contributed by atoms with Crippen molar-refractivity contribution in [3.63, 3.8) is 0 Å². The molecule has 8 heteroatoms. The molecule has 4 rings (SSSR count). The first kappa shape index (κ1) is 22.8. The highest BCUT2D eigenvalue weighted by molar-refractivity contribution is 5.99. The van der Waals surface area contributed by atoms with E-state index in [2.05, 4.69) is 20.9 Å². The molecule has 1 fully saturated rings. The summed E-state index contributed by atoms with van der Waals surface area (Å²) in [5.41, 5.74) is 1.73. The Morgan fingerprint density at radius 3 is 2.76 bits per heavy atom. The second kappa shape index (κ2) is 10.5. The van der Waals surface area contributed by atoms with E-state index in [1.165, 1.54) is 30.5 Å². The largest absolute Gasteiger partial charge is 0.361 e. The zero-order chi connectivity index (χ0) is 23.2. The molecule has 33 heavy (non-hydrogen) atoms. The number of hydrogen-bond acceptors (Lipinski definition) is 4. The van der Waals surface area contributed by atoms with Crippen LogP contribution in [0.4, 0.5) is 0 Å². The molecular weight excluding hydrogens is 418 g/mol. The summed E-state index contributed by atoms with van der Waals surface area (Å²) in [6.45, 7) is 2.96. The van der Waals surface area contributed by atoms with E-state index < -0.39 is 11.5 Å². The zero-order valence-electron chi connectivity index (χ0n) is 18.9. The van der Waals surface area contributed by atoms with Crippen LogP contribution in [0.3, 0.4) is 0 Å². The van der Waals surface area contributed by atoms with Crippen molar-refractivity contribution in [1.29, 1.82) is 0 Å². The number of rotatable bonds is 8. The number of amides is 2. The van der Waals surface area contributed by atoms with Gasteiger partial charge in [0.25, 0.3) is 17.4 Å². The number of aromatic amines is 1. The van der Waals surface area contributed by atoms with Crippen LogP contribution in [0.2, 0.25) is 0 Å². The van der Waals surface area contributed by atoms with Gasteiger partial charge >= 0.3 is 0 Å². The van der Waals surface area contributed by atoms with Gasteiger partial charge in [0.2, 0.25) is 0 Å². The number of H-pyrrole nitrogens is 1. The molecule has 1 aliphatic heterocycles. The van der Waals surface area contributed by atoms with Crippen molar-refractivity contribution in [1.82, 2.24) is 25.5 Å². The molecule has 0 saturated carbocycles. The lowest BCUT2D eigenvalue weighted by atomic mass is 9.93.